The number of ether oxygens (including phenoxy) is 4. The highest BCUT2D eigenvalue weighted by atomic mass is 19.4. The highest BCUT2D eigenvalue weighted by Gasteiger charge is 2.55. The Morgan fingerprint density at radius 2 is 1.16 bits per heavy atom. The Bertz CT molecular complexity index is 2900. The fourth-order valence-corrected chi connectivity index (χ4v) is 9.87. The van der Waals surface area contributed by atoms with E-state index in [1.165, 1.54) is 52.0 Å². The molecule has 0 N–H and O–H groups in total. The molecule has 358 valence electrons. The Morgan fingerprint density at radius 1 is 0.667 bits per heavy atom. The fraction of sp³-hybridized carbons (Fsp3) is 0.278. The fourth-order valence-electron chi connectivity index (χ4n) is 9.87. The first kappa shape index (κ1) is 48.3. The number of aryl methyl sites for hydroxylation is 2. The van der Waals surface area contributed by atoms with Gasteiger partial charge in [-0.1, -0.05) is 91.0 Å². The zero-order chi connectivity index (χ0) is 49.8. The van der Waals surface area contributed by atoms with Crippen LogP contribution in [0.1, 0.15) is 89.0 Å². The number of hydrogen-bond acceptors (Lipinski definition) is 7. The second kappa shape index (κ2) is 17.7. The topological polar surface area (TPSA) is 94.6 Å². The van der Waals surface area contributed by atoms with Gasteiger partial charge in [-0.05, 0) is 106 Å². The molecule has 2 heterocycles. The normalized spacial score (nSPS) is 15.9. The Morgan fingerprint density at radius 3 is 1.68 bits per heavy atom. The number of nitrogens with zero attached hydrogens (tertiary/aromatic N) is 2. The molecule has 0 aliphatic carbocycles. The average Bonchev–Trinajstić information content (AvgIpc) is 3.61. The van der Waals surface area contributed by atoms with Crippen molar-refractivity contribution in [3.8, 4) is 17.2 Å². The van der Waals surface area contributed by atoms with Crippen LogP contribution in [-0.2, 0) is 30.3 Å². The van der Waals surface area contributed by atoms with Gasteiger partial charge in [-0.2, -0.15) is 26.3 Å². The molecule has 2 aliphatic heterocycles. The SMILES string of the molecule is CCN(C(=O)C(F)(F)F)c1cc2c(cc1C)C1(OC(=O)c3ccccc31)c1cc(C)c(N(C(=O)C(F)(F)F)C(C)CC(C)(C)OC(c3ccccc3)(c3ccccc3)c3ccc(OC)cc3)cc1O2. The van der Waals surface area contributed by atoms with Crippen LogP contribution in [0.15, 0.2) is 133 Å². The monoisotopic (exact) mass is 950 g/mol. The lowest BCUT2D eigenvalue weighted by atomic mass is 9.76. The maximum atomic E-state index is 15.0. The Balaban J connectivity index is 1.27. The first-order valence-electron chi connectivity index (χ1n) is 22.1. The number of benzene rings is 6. The summed E-state index contributed by atoms with van der Waals surface area (Å²) < 4.78 is 112. The number of halogens is 6. The minimum atomic E-state index is -5.38. The second-order valence-corrected chi connectivity index (χ2v) is 17.8. The molecule has 8 rings (SSSR count). The molecular weight excluding hydrogens is 903 g/mol. The number of amides is 2. The van der Waals surface area contributed by atoms with Gasteiger partial charge in [0.05, 0.1) is 29.6 Å². The Labute approximate surface area is 395 Å². The molecule has 15 heteroatoms. The lowest BCUT2D eigenvalue weighted by Crippen LogP contribution is -2.50. The molecule has 2 amide bonds. The summed E-state index contributed by atoms with van der Waals surface area (Å²) >= 11 is 0. The third kappa shape index (κ3) is 8.46. The predicted octanol–water partition coefficient (Wildman–Crippen LogP) is 12.3. The molecular formula is C54H48F6N2O7. The van der Waals surface area contributed by atoms with Crippen molar-refractivity contribution in [1.29, 1.82) is 0 Å². The molecule has 2 atom stereocenters. The number of alkyl halides is 6. The predicted molar refractivity (Wildman–Crippen MR) is 247 cm³/mol. The van der Waals surface area contributed by atoms with Crippen molar-refractivity contribution in [3.05, 3.63) is 184 Å². The van der Waals surface area contributed by atoms with E-state index >= 15 is 0 Å². The number of carbonyl (C=O) groups excluding carboxylic acids is 3. The number of esters is 1. The standard InChI is InChI=1S/C54H48F6N2O7/c1-8-61(48(64)53(55,56)57)43-29-45-41(27-32(43)2)52(40-22-16-15-21-39(40)47(63)68-52)42-28-33(3)44(30-46(42)67-45)62(49(65)54(58,59)60)34(4)31-50(5,6)69-51(35-17-11-9-12-18-35,36-19-13-10-14-20-36)37-23-25-38(66-7)26-24-37/h9-30,34H,8,31H2,1-7H3. The molecule has 0 saturated heterocycles. The van der Waals surface area contributed by atoms with Crippen LogP contribution in [0.3, 0.4) is 0 Å². The van der Waals surface area contributed by atoms with Crippen LogP contribution in [0.2, 0.25) is 0 Å². The van der Waals surface area contributed by atoms with Gasteiger partial charge in [0.25, 0.3) is 0 Å². The number of methoxy groups -OCH3 is 1. The molecule has 0 radical (unpaired) electrons. The van der Waals surface area contributed by atoms with E-state index in [1.54, 1.807) is 57.4 Å². The van der Waals surface area contributed by atoms with Crippen LogP contribution in [0, 0.1) is 13.8 Å². The number of hydrogen-bond donors (Lipinski definition) is 0. The van der Waals surface area contributed by atoms with E-state index in [-0.39, 0.29) is 63.7 Å². The molecule has 2 unspecified atom stereocenters. The summed E-state index contributed by atoms with van der Waals surface area (Å²) in [6.07, 6.45) is -10.8. The minimum Gasteiger partial charge on any atom is -0.497 e. The minimum absolute atomic E-state index is 0.135. The zero-order valence-corrected chi connectivity index (χ0v) is 38.7. The van der Waals surface area contributed by atoms with Crippen LogP contribution in [-0.4, -0.2) is 55.4 Å². The van der Waals surface area contributed by atoms with Crippen LogP contribution < -0.4 is 19.3 Å². The zero-order valence-electron chi connectivity index (χ0n) is 38.7. The van der Waals surface area contributed by atoms with E-state index < -0.39 is 53.0 Å². The first-order chi connectivity index (χ1) is 32.6. The molecule has 0 saturated carbocycles. The Hall–Kier alpha value is -7.13. The van der Waals surface area contributed by atoms with Gasteiger partial charge in [-0.15, -0.1) is 0 Å². The van der Waals surface area contributed by atoms with Crippen molar-refractivity contribution in [1.82, 2.24) is 0 Å². The highest BCUT2D eigenvalue weighted by molar-refractivity contribution is 6.01. The van der Waals surface area contributed by atoms with Crippen LogP contribution in [0.25, 0.3) is 0 Å². The highest BCUT2D eigenvalue weighted by Crippen LogP contribution is 2.58. The van der Waals surface area contributed by atoms with Crippen molar-refractivity contribution in [2.75, 3.05) is 23.5 Å². The van der Waals surface area contributed by atoms with Crippen molar-refractivity contribution in [2.24, 2.45) is 0 Å². The average molecular weight is 951 g/mol. The summed E-state index contributed by atoms with van der Waals surface area (Å²) in [5, 5.41) is 0. The summed E-state index contributed by atoms with van der Waals surface area (Å²) in [5.41, 5.74) is -1.40. The number of fused-ring (bicyclic) bond motifs is 6. The molecule has 6 aromatic carbocycles. The number of rotatable bonds is 12. The van der Waals surface area contributed by atoms with Gasteiger partial charge < -0.3 is 28.7 Å². The van der Waals surface area contributed by atoms with Crippen molar-refractivity contribution >= 4 is 29.2 Å². The molecule has 2 aliphatic rings. The van der Waals surface area contributed by atoms with E-state index in [0.29, 0.717) is 26.7 Å². The third-order valence-electron chi connectivity index (χ3n) is 12.7. The molecule has 1 spiro atoms. The van der Waals surface area contributed by atoms with E-state index in [2.05, 4.69) is 0 Å². The van der Waals surface area contributed by atoms with Crippen molar-refractivity contribution < 1.29 is 59.7 Å². The maximum absolute atomic E-state index is 15.0. The van der Waals surface area contributed by atoms with E-state index in [1.807, 2.05) is 72.8 Å². The maximum Gasteiger partial charge on any atom is 0.471 e. The lowest BCUT2D eigenvalue weighted by molar-refractivity contribution is -0.171. The van der Waals surface area contributed by atoms with Crippen molar-refractivity contribution in [3.63, 3.8) is 0 Å². The third-order valence-corrected chi connectivity index (χ3v) is 12.7. The van der Waals surface area contributed by atoms with Gasteiger partial charge in [0.2, 0.25) is 0 Å². The first-order valence-corrected chi connectivity index (χ1v) is 22.1. The summed E-state index contributed by atoms with van der Waals surface area (Å²) in [5.74, 6) is -4.76. The van der Waals surface area contributed by atoms with Gasteiger partial charge >= 0.3 is 30.1 Å². The van der Waals surface area contributed by atoms with Gasteiger partial charge in [0.1, 0.15) is 22.8 Å². The smallest absolute Gasteiger partial charge is 0.471 e. The van der Waals surface area contributed by atoms with Gasteiger partial charge in [0.15, 0.2) is 5.60 Å². The lowest BCUT2D eigenvalue weighted by Gasteiger charge is -2.44. The summed E-state index contributed by atoms with van der Waals surface area (Å²) in [6, 6.07) is 36.7. The Kier molecular flexibility index (Phi) is 12.4. The quantitative estimate of drug-likeness (QED) is 0.0685. The molecule has 6 aromatic rings. The van der Waals surface area contributed by atoms with Crippen molar-refractivity contribution in [2.45, 2.75) is 83.2 Å². The molecule has 0 aromatic heterocycles. The van der Waals surface area contributed by atoms with Gasteiger partial charge in [0, 0.05) is 41.4 Å². The van der Waals surface area contributed by atoms with E-state index in [4.69, 9.17) is 18.9 Å². The molecule has 9 nitrogen and oxygen atoms in total. The van der Waals surface area contributed by atoms with E-state index in [0.717, 1.165) is 11.1 Å². The van der Waals surface area contributed by atoms with Gasteiger partial charge in [-0.25, -0.2) is 4.79 Å². The van der Waals surface area contributed by atoms with Crippen LogP contribution in [0.4, 0.5) is 37.7 Å². The summed E-state index contributed by atoms with van der Waals surface area (Å²) in [4.78, 5) is 41.5. The molecule has 0 bridgehead atoms. The van der Waals surface area contributed by atoms with E-state index in [9.17, 15) is 40.7 Å². The molecule has 69 heavy (non-hydrogen) atoms. The number of anilines is 2. The second-order valence-electron chi connectivity index (χ2n) is 17.8. The summed E-state index contributed by atoms with van der Waals surface area (Å²) in [6.45, 7) is 8.95. The molecule has 0 fully saturated rings. The van der Waals surface area contributed by atoms with Crippen LogP contribution >= 0.6 is 0 Å². The number of carbonyl (C=O) groups is 3. The van der Waals surface area contributed by atoms with Gasteiger partial charge in [-0.3, -0.25) is 9.59 Å². The summed E-state index contributed by atoms with van der Waals surface area (Å²) in [7, 11) is 1.55. The largest absolute Gasteiger partial charge is 0.497 e. The van der Waals surface area contributed by atoms with Crippen LogP contribution in [0.5, 0.6) is 17.2 Å².